The van der Waals surface area contributed by atoms with Gasteiger partial charge >= 0.3 is 11.9 Å². The number of aliphatic hydroxyl groups excluding tert-OH is 1. The fraction of sp³-hybridized carbons (Fsp3) is 0.389. The van der Waals surface area contributed by atoms with E-state index in [1.807, 2.05) is 38.2 Å². The molecule has 6 rings (SSSR count). The molecular weight excluding hydrogens is 568 g/mol. The number of fused-ring (bicyclic) bond motifs is 4. The number of aliphatic imine (C=N–C) groups is 4. The van der Waals surface area contributed by atoms with Crippen LogP contribution < -0.4 is 0 Å². The van der Waals surface area contributed by atoms with Gasteiger partial charge in [0.15, 0.2) is 0 Å². The highest BCUT2D eigenvalue weighted by Crippen LogP contribution is 2.49. The number of carbonyl (C=O) groups is 2. The van der Waals surface area contributed by atoms with Crippen LogP contribution in [0.3, 0.4) is 0 Å². The Hall–Kier alpha value is -4.50. The number of esters is 2. The Bertz CT molecular complexity index is 1820. The first kappa shape index (κ1) is 30.5. The summed E-state index contributed by atoms with van der Waals surface area (Å²) in [6.07, 6.45) is 7.99. The van der Waals surface area contributed by atoms with Crippen LogP contribution in [0.1, 0.15) is 53.9 Å². The van der Waals surface area contributed by atoms with Crippen LogP contribution in [-0.2, 0) is 19.1 Å². The number of ether oxygens (including phenoxy) is 2. The Morgan fingerprint density at radius 3 is 2.24 bits per heavy atom. The Morgan fingerprint density at radius 2 is 1.58 bits per heavy atom. The fourth-order valence-corrected chi connectivity index (χ4v) is 7.21. The SMILES string of the molecule is C=CC1=C(C)C2=CC3=NC(=C4C5=NC(=CC6=NC(=CC1=N2)C(C)=C6CC)C(C)=C5[C@@H](O)[C@@H]4C(=O)OC)[C@@H](CCC(=O)OC)[C@@H]3C. The van der Waals surface area contributed by atoms with E-state index >= 15 is 0 Å². The van der Waals surface area contributed by atoms with E-state index in [1.165, 1.54) is 14.2 Å². The van der Waals surface area contributed by atoms with Crippen molar-refractivity contribution < 1.29 is 24.2 Å². The van der Waals surface area contributed by atoms with Gasteiger partial charge in [-0.1, -0.05) is 26.5 Å². The summed E-state index contributed by atoms with van der Waals surface area (Å²) in [6.45, 7) is 14.2. The van der Waals surface area contributed by atoms with Crippen molar-refractivity contribution in [2.24, 2.45) is 37.7 Å². The molecule has 1 N–H and O–H groups in total. The molecule has 8 bridgehead atoms. The quantitative estimate of drug-likeness (QED) is 0.392. The van der Waals surface area contributed by atoms with Gasteiger partial charge in [0.25, 0.3) is 0 Å². The molecule has 1 saturated carbocycles. The van der Waals surface area contributed by atoms with Gasteiger partial charge in [-0.05, 0) is 74.1 Å². The highest BCUT2D eigenvalue weighted by molar-refractivity contribution is 6.24. The minimum absolute atomic E-state index is 0.127. The van der Waals surface area contributed by atoms with Gasteiger partial charge in [0.2, 0.25) is 0 Å². The van der Waals surface area contributed by atoms with Crippen LogP contribution in [0, 0.1) is 17.8 Å². The van der Waals surface area contributed by atoms with Crippen molar-refractivity contribution in [1.82, 2.24) is 0 Å². The van der Waals surface area contributed by atoms with Crippen molar-refractivity contribution in [2.45, 2.75) is 60.0 Å². The zero-order valence-corrected chi connectivity index (χ0v) is 26.8. The summed E-state index contributed by atoms with van der Waals surface area (Å²) in [5, 5.41) is 11.7. The number of hydrogen-bond acceptors (Lipinski definition) is 9. The molecule has 0 unspecified atom stereocenters. The first-order chi connectivity index (χ1) is 21.5. The third kappa shape index (κ3) is 4.72. The molecule has 9 nitrogen and oxygen atoms in total. The van der Waals surface area contributed by atoms with Crippen LogP contribution in [0.5, 0.6) is 0 Å². The van der Waals surface area contributed by atoms with Crippen LogP contribution >= 0.6 is 0 Å². The fourth-order valence-electron chi connectivity index (χ4n) is 7.21. The lowest BCUT2D eigenvalue weighted by Gasteiger charge is -2.21. The summed E-state index contributed by atoms with van der Waals surface area (Å²) in [5.74, 6) is -2.27. The lowest BCUT2D eigenvalue weighted by Crippen LogP contribution is -2.28. The van der Waals surface area contributed by atoms with Crippen molar-refractivity contribution >= 4 is 34.8 Å². The van der Waals surface area contributed by atoms with Crippen molar-refractivity contribution in [1.29, 1.82) is 0 Å². The third-order valence-electron chi connectivity index (χ3n) is 9.82. The molecule has 1 aliphatic carbocycles. The van der Waals surface area contributed by atoms with Gasteiger partial charge in [-0.2, -0.15) is 0 Å². The lowest BCUT2D eigenvalue weighted by molar-refractivity contribution is -0.146. The summed E-state index contributed by atoms with van der Waals surface area (Å²) in [5.41, 5.74) is 11.8. The van der Waals surface area contributed by atoms with Gasteiger partial charge in [0, 0.05) is 40.7 Å². The number of aliphatic hydroxyl groups is 1. The van der Waals surface area contributed by atoms with E-state index in [0.29, 0.717) is 34.7 Å². The molecule has 0 amide bonds. The summed E-state index contributed by atoms with van der Waals surface area (Å²) in [4.78, 5) is 45.9. The van der Waals surface area contributed by atoms with Crippen LogP contribution in [0.2, 0.25) is 0 Å². The predicted octanol–water partition coefficient (Wildman–Crippen LogP) is 5.64. The highest BCUT2D eigenvalue weighted by Gasteiger charge is 2.51. The maximum absolute atomic E-state index is 13.3. The molecular formula is C36H38N4O5. The molecule has 6 aliphatic rings. The summed E-state index contributed by atoms with van der Waals surface area (Å²) in [7, 11) is 2.69. The van der Waals surface area contributed by atoms with Gasteiger partial charge < -0.3 is 14.6 Å². The van der Waals surface area contributed by atoms with Crippen molar-refractivity contribution in [3.05, 3.63) is 92.7 Å². The van der Waals surface area contributed by atoms with Crippen LogP contribution in [0.4, 0.5) is 0 Å². The van der Waals surface area contributed by atoms with Gasteiger partial charge in [-0.3, -0.25) is 14.6 Å². The maximum Gasteiger partial charge on any atom is 0.316 e. The second-order valence-corrected chi connectivity index (χ2v) is 12.1. The topological polar surface area (TPSA) is 122 Å². The molecule has 0 aromatic heterocycles. The molecule has 0 spiro atoms. The Labute approximate surface area is 263 Å². The molecule has 1 fully saturated rings. The van der Waals surface area contributed by atoms with Crippen molar-refractivity contribution in [2.75, 3.05) is 14.2 Å². The number of hydrogen-bond donors (Lipinski definition) is 1. The standard InChI is InChI=1S/C36H38N4O5/c1-9-20-16(3)23-13-25-18(5)22(11-12-29(41)44-7)33(39-25)31-32(36(43)45-8)35(42)30-19(6)26(40-34(30)31)15-28-21(10-2)17(4)24(38-28)14-27(20)37-23/h9,13-15,18,22,32,35,42H,1,10-12H2,2-8H3/t18-,22-,32+,35+/m0/s1. The van der Waals surface area contributed by atoms with Gasteiger partial charge in [-0.15, -0.1) is 0 Å². The Morgan fingerprint density at radius 1 is 0.911 bits per heavy atom. The third-order valence-corrected chi connectivity index (χ3v) is 9.82. The van der Waals surface area contributed by atoms with E-state index in [2.05, 4.69) is 27.4 Å². The summed E-state index contributed by atoms with van der Waals surface area (Å²) < 4.78 is 10.2. The molecule has 0 radical (unpaired) electrons. The number of nitrogens with zero attached hydrogens (tertiary/aromatic N) is 4. The molecule has 0 aromatic rings. The van der Waals surface area contributed by atoms with Crippen LogP contribution in [0.15, 0.2) is 113 Å². The minimum Gasteiger partial charge on any atom is -0.469 e. The van der Waals surface area contributed by atoms with E-state index < -0.39 is 18.0 Å². The Kier molecular flexibility index (Phi) is 7.77. The number of allylic oxidation sites excluding steroid dienone is 10. The Balaban J connectivity index is 1.67. The number of rotatable bonds is 6. The van der Waals surface area contributed by atoms with Gasteiger partial charge in [0.05, 0.1) is 60.2 Å². The first-order valence-electron chi connectivity index (χ1n) is 15.4. The molecule has 232 valence electrons. The lowest BCUT2D eigenvalue weighted by atomic mass is 9.83. The zero-order chi connectivity index (χ0) is 32.3. The molecule has 5 aliphatic heterocycles. The van der Waals surface area contributed by atoms with E-state index in [1.54, 1.807) is 0 Å². The molecule has 5 heterocycles. The largest absolute Gasteiger partial charge is 0.469 e. The van der Waals surface area contributed by atoms with E-state index in [-0.39, 0.29) is 24.2 Å². The molecule has 0 aromatic carbocycles. The van der Waals surface area contributed by atoms with Crippen LogP contribution in [-0.4, -0.2) is 60.2 Å². The number of carbonyl (C=O) groups excluding carboxylic acids is 2. The summed E-state index contributed by atoms with van der Waals surface area (Å²) >= 11 is 0. The monoisotopic (exact) mass is 606 g/mol. The highest BCUT2D eigenvalue weighted by atomic mass is 16.5. The van der Waals surface area contributed by atoms with E-state index in [4.69, 9.17) is 29.4 Å². The van der Waals surface area contributed by atoms with Crippen molar-refractivity contribution in [3.8, 4) is 0 Å². The average molecular weight is 607 g/mol. The smallest absolute Gasteiger partial charge is 0.316 e. The average Bonchev–Trinajstić information content (AvgIpc) is 3.76. The predicted molar refractivity (Wildman–Crippen MR) is 175 cm³/mol. The second-order valence-electron chi connectivity index (χ2n) is 12.1. The van der Waals surface area contributed by atoms with Gasteiger partial charge in [0.1, 0.15) is 5.92 Å². The van der Waals surface area contributed by atoms with Crippen molar-refractivity contribution in [3.63, 3.8) is 0 Å². The molecule has 45 heavy (non-hydrogen) atoms. The second kappa shape index (κ2) is 11.5. The zero-order valence-electron chi connectivity index (χ0n) is 26.8. The summed E-state index contributed by atoms with van der Waals surface area (Å²) in [6, 6.07) is 0. The maximum atomic E-state index is 13.3. The van der Waals surface area contributed by atoms with Gasteiger partial charge in [-0.25, -0.2) is 15.0 Å². The number of methoxy groups -OCH3 is 2. The van der Waals surface area contributed by atoms with E-state index in [9.17, 15) is 14.7 Å². The molecule has 4 atom stereocenters. The minimum atomic E-state index is -1.16. The molecule has 0 saturated heterocycles. The van der Waals surface area contributed by atoms with Crippen LogP contribution in [0.25, 0.3) is 0 Å². The first-order valence-corrected chi connectivity index (χ1v) is 15.4. The molecule has 9 heteroatoms. The van der Waals surface area contributed by atoms with E-state index in [0.717, 1.165) is 62.8 Å². The normalized spacial score (nSPS) is 26.9.